The van der Waals surface area contributed by atoms with Crippen molar-refractivity contribution in [2.75, 3.05) is 45.2 Å². The molecule has 11 nitrogen and oxygen atoms in total. The first-order valence-electron chi connectivity index (χ1n) is 16.2. The van der Waals surface area contributed by atoms with E-state index in [9.17, 15) is 28.8 Å². The number of carbonyl (C=O) groups excluding carboxylic acids is 1. The number of carbonyl (C=O) groups is 2. The highest BCUT2D eigenvalue weighted by Crippen LogP contribution is 2.52. The summed E-state index contributed by atoms with van der Waals surface area (Å²) in [4.78, 5) is 44.6. The van der Waals surface area contributed by atoms with Crippen LogP contribution in [-0.4, -0.2) is 96.6 Å². The highest BCUT2D eigenvalue weighted by molar-refractivity contribution is 7.92. The summed E-state index contributed by atoms with van der Waals surface area (Å²) in [5.74, 6) is 0. The van der Waals surface area contributed by atoms with Crippen molar-refractivity contribution in [2.45, 2.75) is 50.3 Å². The number of pyridine rings is 1. The van der Waals surface area contributed by atoms with Gasteiger partial charge in [0.1, 0.15) is 0 Å². The number of nitrogens with zero attached hydrogens (tertiary/aromatic N) is 5. The summed E-state index contributed by atoms with van der Waals surface area (Å²) < 4.78 is 18.8. The van der Waals surface area contributed by atoms with Crippen molar-refractivity contribution in [1.82, 2.24) is 19.3 Å². The molecule has 3 heterocycles. The van der Waals surface area contributed by atoms with Crippen molar-refractivity contribution >= 4 is 27.5 Å². The molecule has 0 radical (unpaired) electrons. The van der Waals surface area contributed by atoms with Crippen LogP contribution >= 0.6 is 0 Å². The molecule has 1 saturated carbocycles. The normalized spacial score (nSPS) is 22.8. The van der Waals surface area contributed by atoms with Crippen molar-refractivity contribution in [3.8, 4) is 11.1 Å². The number of rotatable bonds is 5. The molecule has 1 unspecified atom stereocenters. The number of aliphatic hydroxyl groups is 1. The van der Waals surface area contributed by atoms with E-state index in [0.29, 0.717) is 37.2 Å². The Morgan fingerprint density at radius 1 is 0.936 bits per heavy atom. The van der Waals surface area contributed by atoms with Crippen molar-refractivity contribution in [3.63, 3.8) is 0 Å². The number of piperidine rings is 1. The Morgan fingerprint density at radius 3 is 2.23 bits per heavy atom. The van der Waals surface area contributed by atoms with Gasteiger partial charge in [0.2, 0.25) is 0 Å². The lowest BCUT2D eigenvalue weighted by Crippen LogP contribution is -2.64. The van der Waals surface area contributed by atoms with Crippen LogP contribution in [0, 0.1) is 5.41 Å². The van der Waals surface area contributed by atoms with Gasteiger partial charge in [-0.05, 0) is 30.4 Å². The van der Waals surface area contributed by atoms with Crippen LogP contribution in [0.5, 0.6) is 0 Å². The average molecular weight is 662 g/mol. The molecule has 12 heteroatoms. The number of hydrogen-bond donors (Lipinski definition) is 2. The van der Waals surface area contributed by atoms with Gasteiger partial charge in [0.25, 0.3) is 5.56 Å². The van der Waals surface area contributed by atoms with Crippen LogP contribution in [0.3, 0.4) is 0 Å². The van der Waals surface area contributed by atoms with E-state index in [-0.39, 0.29) is 44.2 Å². The van der Waals surface area contributed by atoms with Crippen LogP contribution in [0.1, 0.15) is 43.7 Å². The van der Waals surface area contributed by atoms with E-state index >= 15 is 0 Å². The zero-order valence-electron chi connectivity index (χ0n) is 27.0. The zero-order valence-corrected chi connectivity index (χ0v) is 27.8. The van der Waals surface area contributed by atoms with Gasteiger partial charge < -0.3 is 29.5 Å². The van der Waals surface area contributed by atoms with Crippen LogP contribution < -0.4 is 5.56 Å². The van der Waals surface area contributed by atoms with E-state index in [0.717, 1.165) is 24.0 Å². The maximum atomic E-state index is 14.2. The van der Waals surface area contributed by atoms with E-state index < -0.39 is 32.9 Å². The van der Waals surface area contributed by atoms with Gasteiger partial charge in [-0.3, -0.25) is 4.79 Å². The van der Waals surface area contributed by atoms with Crippen LogP contribution in [0.15, 0.2) is 82.1 Å². The van der Waals surface area contributed by atoms with Gasteiger partial charge in [-0.2, -0.15) is 4.36 Å². The third kappa shape index (κ3) is 6.66. The third-order valence-corrected chi connectivity index (χ3v) is 10.8. The predicted molar refractivity (Wildman–Crippen MR) is 181 cm³/mol. The second kappa shape index (κ2) is 12.8. The Hall–Kier alpha value is -4.16. The van der Waals surface area contributed by atoms with Gasteiger partial charge in [-0.25, -0.2) is 13.8 Å². The van der Waals surface area contributed by atoms with Crippen molar-refractivity contribution in [3.05, 3.63) is 88.8 Å². The molecule has 1 aliphatic carbocycles. The van der Waals surface area contributed by atoms with Gasteiger partial charge in [0.05, 0.1) is 23.9 Å². The standard InChI is InChI=1S/C35H43N5O6S/c1-47(2,46)36-29-22-39(31(41)21-28(29)26-11-5-3-6-12-26)25-35(45)17-18-38(24-34(35)15-9-10-16-34)32(42)40-20-19-37(33(43)44)23-30(40)27-13-7-4-8-14-27/h3-8,11-14,21-22,30,45H,9-10,15-20,23-25H2,1-2H3,(H,43,44)/t30-,35?/m0/s1. The fourth-order valence-corrected chi connectivity index (χ4v) is 8.33. The van der Waals surface area contributed by atoms with E-state index in [1.54, 1.807) is 23.6 Å². The van der Waals surface area contributed by atoms with Crippen molar-refractivity contribution in [1.29, 1.82) is 0 Å². The van der Waals surface area contributed by atoms with Crippen molar-refractivity contribution in [2.24, 2.45) is 9.78 Å². The zero-order chi connectivity index (χ0) is 33.4. The highest BCUT2D eigenvalue weighted by atomic mass is 32.2. The first kappa shape index (κ1) is 32.8. The largest absolute Gasteiger partial charge is 0.465 e. The van der Waals surface area contributed by atoms with Gasteiger partial charge >= 0.3 is 12.1 Å². The maximum absolute atomic E-state index is 14.2. The number of aromatic nitrogens is 1. The Bertz CT molecular complexity index is 1810. The molecule has 3 fully saturated rings. The molecular weight excluding hydrogens is 618 g/mol. The molecule has 2 atom stereocenters. The summed E-state index contributed by atoms with van der Waals surface area (Å²) in [6, 6.07) is 19.8. The minimum Gasteiger partial charge on any atom is -0.465 e. The second-order valence-corrected chi connectivity index (χ2v) is 16.0. The molecule has 47 heavy (non-hydrogen) atoms. The summed E-state index contributed by atoms with van der Waals surface area (Å²) in [6.45, 7) is 1.35. The quantitative estimate of drug-likeness (QED) is 0.394. The van der Waals surface area contributed by atoms with Crippen molar-refractivity contribution < 1.29 is 24.0 Å². The number of hydrogen-bond acceptors (Lipinski definition) is 6. The summed E-state index contributed by atoms with van der Waals surface area (Å²) in [7, 11) is -2.56. The molecule has 2 saturated heterocycles. The lowest BCUT2D eigenvalue weighted by molar-refractivity contribution is -0.137. The monoisotopic (exact) mass is 661 g/mol. The third-order valence-electron chi connectivity index (χ3n) is 10.1. The van der Waals surface area contributed by atoms with Crippen LogP contribution in [0.25, 0.3) is 11.1 Å². The molecule has 2 N–H and O–H groups in total. The SMILES string of the molecule is CS(C)(=O)=Nc1cn(CC2(O)CCN(C(=O)N3CCN(C(=O)O)C[C@H]3c3ccccc3)CC23CCCC3)c(=O)cc1-c1ccccc1. The topological polar surface area (TPSA) is 136 Å². The first-order valence-corrected chi connectivity index (χ1v) is 18.5. The van der Waals surface area contributed by atoms with E-state index in [4.69, 9.17) is 0 Å². The first-order chi connectivity index (χ1) is 22.4. The molecular formula is C35H43N5O6S. The molecule has 3 aromatic rings. The fraction of sp³-hybridized carbons (Fsp3) is 0.457. The lowest BCUT2D eigenvalue weighted by Gasteiger charge is -2.53. The highest BCUT2D eigenvalue weighted by Gasteiger charge is 2.56. The average Bonchev–Trinajstić information content (AvgIpc) is 3.53. The second-order valence-electron chi connectivity index (χ2n) is 13.5. The maximum Gasteiger partial charge on any atom is 0.407 e. The summed E-state index contributed by atoms with van der Waals surface area (Å²) in [5.41, 5.74) is 0.495. The van der Waals surface area contributed by atoms with E-state index in [1.165, 1.54) is 15.5 Å². The van der Waals surface area contributed by atoms with Gasteiger partial charge in [0.15, 0.2) is 0 Å². The molecule has 1 spiro atoms. The van der Waals surface area contributed by atoms with Gasteiger partial charge in [-0.1, -0.05) is 73.5 Å². The van der Waals surface area contributed by atoms with Gasteiger partial charge in [-0.15, -0.1) is 0 Å². The summed E-state index contributed by atoms with van der Waals surface area (Å²) in [5, 5.41) is 22.2. The minimum absolute atomic E-state index is 0.0317. The van der Waals surface area contributed by atoms with E-state index in [2.05, 4.69) is 4.36 Å². The Balaban J connectivity index is 1.30. The molecule has 6 rings (SSSR count). The molecule has 250 valence electrons. The molecule has 2 aliphatic heterocycles. The fourth-order valence-electron chi connectivity index (χ4n) is 7.71. The van der Waals surface area contributed by atoms with Crippen LogP contribution in [0.4, 0.5) is 15.3 Å². The number of piperazine rings is 1. The van der Waals surface area contributed by atoms with Crippen LogP contribution in [-0.2, 0) is 16.3 Å². The molecule has 1 aromatic heterocycles. The van der Waals surface area contributed by atoms with Crippen LogP contribution in [0.2, 0.25) is 0 Å². The predicted octanol–water partition coefficient (Wildman–Crippen LogP) is 5.03. The Kier molecular flexibility index (Phi) is 8.92. The van der Waals surface area contributed by atoms with Gasteiger partial charge in [0, 0.05) is 78.2 Å². The number of likely N-dealkylation sites (tertiary alicyclic amines) is 1. The summed E-state index contributed by atoms with van der Waals surface area (Å²) >= 11 is 0. The minimum atomic E-state index is -2.56. The van der Waals surface area contributed by atoms with E-state index in [1.807, 2.05) is 65.6 Å². The molecule has 3 amide bonds. The Labute approximate surface area is 275 Å². The number of benzene rings is 2. The molecule has 2 aromatic carbocycles. The molecule has 0 bridgehead atoms. The summed E-state index contributed by atoms with van der Waals surface area (Å²) in [6.07, 6.45) is 7.23. The number of amides is 3. The molecule has 3 aliphatic rings. The lowest BCUT2D eigenvalue weighted by atomic mass is 9.66. The smallest absolute Gasteiger partial charge is 0.407 e. The number of carboxylic acid groups (broad SMARTS) is 1. The Morgan fingerprint density at radius 2 is 1.60 bits per heavy atom. The number of urea groups is 1.